The van der Waals surface area contributed by atoms with Gasteiger partial charge in [0.1, 0.15) is 0 Å². The Balaban J connectivity index is 0.00000288. The van der Waals surface area contributed by atoms with E-state index in [1.165, 1.54) is 0 Å². The summed E-state index contributed by atoms with van der Waals surface area (Å²) in [6, 6.07) is 34.9. The van der Waals surface area contributed by atoms with Gasteiger partial charge >= 0.3 is 21.1 Å². The van der Waals surface area contributed by atoms with Crippen LogP contribution in [0.2, 0.25) is 0 Å². The molecular formula is C34H22N6OPt. The van der Waals surface area contributed by atoms with Gasteiger partial charge in [0, 0.05) is 38.0 Å². The predicted molar refractivity (Wildman–Crippen MR) is 161 cm³/mol. The Hall–Kier alpha value is -4.87. The number of hydrogen-bond acceptors (Lipinski definition) is 5. The number of hydrogen-bond donors (Lipinski definition) is 0. The van der Waals surface area contributed by atoms with Crippen LogP contribution >= 0.6 is 0 Å². The summed E-state index contributed by atoms with van der Waals surface area (Å²) in [5.41, 5.74) is 7.07. The standard InChI is InChI=1S/C34H22N6O.Pt/c1-39-29-13-5-3-11-27(29)37-33(39)25-19-23(17-21-9-7-15-35-31(21)25)41-24-18-22-10-8-16-36-32(22)26(20-24)34-38-28-12-4-6-14-30(28)40(34)2;/h3-18H,1-2H3;/q-2;+2. The summed E-state index contributed by atoms with van der Waals surface area (Å²) < 4.78 is 10.6. The van der Waals surface area contributed by atoms with Crippen molar-refractivity contribution in [2.75, 3.05) is 0 Å². The molecule has 8 heteroatoms. The van der Waals surface area contributed by atoms with Crippen molar-refractivity contribution in [1.29, 1.82) is 0 Å². The molecule has 7 nitrogen and oxygen atoms in total. The van der Waals surface area contributed by atoms with E-state index < -0.39 is 0 Å². The van der Waals surface area contributed by atoms with Gasteiger partial charge < -0.3 is 23.8 Å². The van der Waals surface area contributed by atoms with E-state index in [9.17, 15) is 0 Å². The van der Waals surface area contributed by atoms with Crippen LogP contribution in [0, 0.1) is 12.1 Å². The summed E-state index contributed by atoms with van der Waals surface area (Å²) in [4.78, 5) is 19.2. The quantitative estimate of drug-likeness (QED) is 0.179. The van der Waals surface area contributed by atoms with E-state index in [4.69, 9.17) is 14.7 Å². The monoisotopic (exact) mass is 725 g/mol. The molecular weight excluding hydrogens is 703 g/mol. The van der Waals surface area contributed by atoms with Crippen molar-refractivity contribution in [1.82, 2.24) is 29.1 Å². The Morgan fingerprint density at radius 1 is 0.595 bits per heavy atom. The Morgan fingerprint density at radius 3 is 1.50 bits per heavy atom. The molecule has 8 rings (SSSR count). The molecule has 4 heterocycles. The molecule has 4 aromatic heterocycles. The summed E-state index contributed by atoms with van der Waals surface area (Å²) in [7, 11) is 4.02. The van der Waals surface area contributed by atoms with E-state index in [1.807, 2.05) is 86.9 Å². The molecule has 0 fully saturated rings. The van der Waals surface area contributed by atoms with Crippen LogP contribution in [0.5, 0.6) is 11.5 Å². The van der Waals surface area contributed by atoms with Gasteiger partial charge in [-0.2, -0.15) is 0 Å². The summed E-state index contributed by atoms with van der Waals surface area (Å²) in [6.07, 6.45) is 3.58. The second kappa shape index (κ2) is 10.2. The van der Waals surface area contributed by atoms with E-state index in [0.717, 1.165) is 66.6 Å². The summed E-state index contributed by atoms with van der Waals surface area (Å²) in [5.74, 6) is 2.63. The molecule has 0 N–H and O–H groups in total. The zero-order valence-electron chi connectivity index (χ0n) is 22.6. The minimum Gasteiger partial charge on any atom is -0.497 e. The zero-order chi connectivity index (χ0) is 27.5. The van der Waals surface area contributed by atoms with Gasteiger partial charge in [0.2, 0.25) is 0 Å². The largest absolute Gasteiger partial charge is 2.00 e. The second-order valence-corrected chi connectivity index (χ2v) is 9.97. The first kappa shape index (κ1) is 26.1. The number of para-hydroxylation sites is 4. The number of rotatable bonds is 4. The molecule has 0 atom stereocenters. The molecule has 42 heavy (non-hydrogen) atoms. The van der Waals surface area contributed by atoms with Crippen molar-refractivity contribution in [3.05, 3.63) is 109 Å². The van der Waals surface area contributed by atoms with Crippen molar-refractivity contribution >= 4 is 43.9 Å². The first-order valence-corrected chi connectivity index (χ1v) is 13.3. The minimum atomic E-state index is 0. The third-order valence-electron chi connectivity index (χ3n) is 7.46. The van der Waals surface area contributed by atoms with Crippen LogP contribution in [0.1, 0.15) is 0 Å². The fourth-order valence-electron chi connectivity index (χ4n) is 5.50. The van der Waals surface area contributed by atoms with E-state index in [2.05, 4.69) is 43.4 Å². The molecule has 0 radical (unpaired) electrons. The van der Waals surface area contributed by atoms with E-state index >= 15 is 0 Å². The van der Waals surface area contributed by atoms with Crippen LogP contribution in [-0.2, 0) is 35.2 Å². The minimum absolute atomic E-state index is 0. The fraction of sp³-hybridized carbons (Fsp3) is 0.0588. The number of benzene rings is 4. The van der Waals surface area contributed by atoms with E-state index in [0.29, 0.717) is 11.5 Å². The van der Waals surface area contributed by atoms with Crippen molar-refractivity contribution < 1.29 is 25.8 Å². The average molecular weight is 726 g/mol. The van der Waals surface area contributed by atoms with Crippen molar-refractivity contribution in [2.45, 2.75) is 0 Å². The van der Waals surface area contributed by atoms with Crippen molar-refractivity contribution in [2.24, 2.45) is 14.1 Å². The first-order chi connectivity index (χ1) is 20.1. The molecule has 4 aromatic carbocycles. The smallest absolute Gasteiger partial charge is 0.497 e. The van der Waals surface area contributed by atoms with Crippen LogP contribution in [-0.4, -0.2) is 29.1 Å². The second-order valence-electron chi connectivity index (χ2n) is 9.97. The molecule has 0 aliphatic heterocycles. The van der Waals surface area contributed by atoms with Crippen LogP contribution < -0.4 is 4.74 Å². The fourth-order valence-corrected chi connectivity index (χ4v) is 5.50. The molecule has 0 saturated carbocycles. The van der Waals surface area contributed by atoms with Crippen LogP contribution in [0.4, 0.5) is 0 Å². The third-order valence-corrected chi connectivity index (χ3v) is 7.46. The van der Waals surface area contributed by atoms with Gasteiger partial charge in [-0.25, -0.2) is 0 Å². The van der Waals surface area contributed by atoms with Gasteiger partial charge in [-0.05, 0) is 47.4 Å². The number of aryl methyl sites for hydroxylation is 2. The van der Waals surface area contributed by atoms with Gasteiger partial charge in [-0.15, -0.1) is 0 Å². The number of fused-ring (bicyclic) bond motifs is 4. The number of nitrogens with zero attached hydrogens (tertiary/aromatic N) is 6. The predicted octanol–water partition coefficient (Wildman–Crippen LogP) is 7.28. The molecule has 0 aliphatic carbocycles. The zero-order valence-corrected chi connectivity index (χ0v) is 24.9. The summed E-state index contributed by atoms with van der Waals surface area (Å²) in [5, 5.41) is 1.86. The number of aromatic nitrogens is 6. The topological polar surface area (TPSA) is 70.7 Å². The normalized spacial score (nSPS) is 11.4. The maximum absolute atomic E-state index is 6.51. The number of ether oxygens (including phenoxy) is 1. The Kier molecular flexibility index (Phi) is 6.32. The summed E-state index contributed by atoms with van der Waals surface area (Å²) in [6.45, 7) is 0. The number of pyridine rings is 2. The molecule has 0 saturated heterocycles. The Bertz CT molecular complexity index is 2130. The van der Waals surface area contributed by atoms with Gasteiger partial charge in [0.05, 0.1) is 33.7 Å². The van der Waals surface area contributed by atoms with Crippen molar-refractivity contribution in [3.63, 3.8) is 0 Å². The molecule has 0 aliphatic rings. The average Bonchev–Trinajstić information content (AvgIpc) is 3.53. The summed E-state index contributed by atoms with van der Waals surface area (Å²) >= 11 is 0. The first-order valence-electron chi connectivity index (χ1n) is 13.3. The molecule has 204 valence electrons. The van der Waals surface area contributed by atoms with E-state index in [1.54, 1.807) is 12.4 Å². The SMILES string of the molecule is Cn1c(-c2[c-]c(Oc3[c-]c(-c4nc5ccccc5n4C)c4ncccc4c3)cc3cccnc23)nc2ccccc21.[Pt+2]. The maximum atomic E-state index is 6.51. The Labute approximate surface area is 255 Å². The molecule has 0 amide bonds. The van der Waals surface area contributed by atoms with Crippen LogP contribution in [0.25, 0.3) is 66.6 Å². The van der Waals surface area contributed by atoms with Crippen LogP contribution in [0.3, 0.4) is 0 Å². The molecule has 0 unspecified atom stereocenters. The van der Waals surface area contributed by atoms with Crippen LogP contribution in [0.15, 0.2) is 97.3 Å². The third kappa shape index (κ3) is 4.16. The van der Waals surface area contributed by atoms with Crippen molar-refractivity contribution in [3.8, 4) is 34.3 Å². The number of imidazole rings is 2. The molecule has 0 bridgehead atoms. The van der Waals surface area contributed by atoms with E-state index in [-0.39, 0.29) is 21.1 Å². The van der Waals surface area contributed by atoms with Gasteiger partial charge in [-0.1, -0.05) is 82.6 Å². The Morgan fingerprint density at radius 2 is 1.05 bits per heavy atom. The van der Waals surface area contributed by atoms with Gasteiger partial charge in [0.25, 0.3) is 0 Å². The van der Waals surface area contributed by atoms with Gasteiger partial charge in [-0.3, -0.25) is 9.97 Å². The van der Waals surface area contributed by atoms with Gasteiger partial charge in [0.15, 0.2) is 0 Å². The maximum Gasteiger partial charge on any atom is 2.00 e. The molecule has 8 aromatic rings. The molecule has 0 spiro atoms.